The Bertz CT molecular complexity index is 764. The lowest BCUT2D eigenvalue weighted by atomic mass is 10.2. The fraction of sp³-hybridized carbons (Fsp3) is 0.286. The molecule has 0 N–H and O–H groups in total. The summed E-state index contributed by atoms with van der Waals surface area (Å²) in [5.74, 6) is -0.0556. The van der Waals surface area contributed by atoms with Gasteiger partial charge in [-0.2, -0.15) is 9.61 Å². The maximum atomic E-state index is 12.6. The van der Waals surface area contributed by atoms with E-state index in [0.29, 0.717) is 12.2 Å². The van der Waals surface area contributed by atoms with E-state index >= 15 is 0 Å². The van der Waals surface area contributed by atoms with Crippen LogP contribution in [0.15, 0.2) is 30.0 Å². The van der Waals surface area contributed by atoms with Gasteiger partial charge in [0.25, 0.3) is 5.91 Å². The molecule has 3 aromatic rings. The Labute approximate surface area is 126 Å². The number of carbonyl (C=O) groups is 1. The van der Waals surface area contributed by atoms with Crippen molar-refractivity contribution in [2.75, 3.05) is 13.6 Å². The fourth-order valence-corrected chi connectivity index (χ4v) is 2.83. The van der Waals surface area contributed by atoms with E-state index in [1.54, 1.807) is 34.4 Å². The van der Waals surface area contributed by atoms with Crippen LogP contribution in [0.5, 0.6) is 0 Å². The number of carbonyl (C=O) groups excluding carboxylic acids is 1. The summed E-state index contributed by atoms with van der Waals surface area (Å²) < 4.78 is 1.62. The Kier molecular flexibility index (Phi) is 3.66. The van der Waals surface area contributed by atoms with Gasteiger partial charge in [0.1, 0.15) is 5.51 Å². The molecule has 0 aliphatic carbocycles. The van der Waals surface area contributed by atoms with Crippen LogP contribution in [0.1, 0.15) is 21.7 Å². The van der Waals surface area contributed by atoms with Gasteiger partial charge in [0.15, 0.2) is 5.69 Å². The van der Waals surface area contributed by atoms with E-state index in [0.717, 1.165) is 22.6 Å². The van der Waals surface area contributed by atoms with E-state index in [4.69, 9.17) is 0 Å². The third kappa shape index (κ3) is 2.64. The molecule has 6 nitrogen and oxygen atoms in total. The normalized spacial score (nSPS) is 11.0. The van der Waals surface area contributed by atoms with Gasteiger partial charge in [-0.15, -0.1) is 0 Å². The van der Waals surface area contributed by atoms with Gasteiger partial charge in [-0.3, -0.25) is 9.78 Å². The number of aromatic nitrogens is 4. The number of fused-ring (bicyclic) bond motifs is 1. The average molecular weight is 301 g/mol. The summed E-state index contributed by atoms with van der Waals surface area (Å²) >= 11 is 1.42. The number of hydrogen-bond acceptors (Lipinski definition) is 5. The molecule has 3 rings (SSSR count). The second-order valence-corrected chi connectivity index (χ2v) is 5.62. The number of pyridine rings is 1. The summed E-state index contributed by atoms with van der Waals surface area (Å²) in [7, 11) is 1.80. The van der Waals surface area contributed by atoms with Crippen LogP contribution in [-0.2, 0) is 6.42 Å². The molecule has 3 heterocycles. The van der Waals surface area contributed by atoms with E-state index in [1.165, 1.54) is 11.3 Å². The van der Waals surface area contributed by atoms with Gasteiger partial charge < -0.3 is 4.90 Å². The third-order valence-electron chi connectivity index (χ3n) is 3.35. The second-order valence-electron chi connectivity index (χ2n) is 4.81. The summed E-state index contributed by atoms with van der Waals surface area (Å²) in [6, 6.07) is 3.92. The van der Waals surface area contributed by atoms with Crippen molar-refractivity contribution in [1.82, 2.24) is 24.5 Å². The number of likely N-dealkylation sites (N-methyl/N-ethyl adjacent to an activating group) is 1. The highest BCUT2D eigenvalue weighted by molar-refractivity contribution is 7.14. The summed E-state index contributed by atoms with van der Waals surface area (Å²) in [6.07, 6.45) is 4.32. The lowest BCUT2D eigenvalue weighted by Gasteiger charge is -2.16. The van der Waals surface area contributed by atoms with Gasteiger partial charge in [-0.05, 0) is 31.0 Å². The molecule has 0 saturated carbocycles. The highest BCUT2D eigenvalue weighted by atomic mass is 32.1. The van der Waals surface area contributed by atoms with Crippen molar-refractivity contribution in [3.05, 3.63) is 47.0 Å². The summed E-state index contributed by atoms with van der Waals surface area (Å²) in [4.78, 5) is 23.4. The van der Waals surface area contributed by atoms with Crippen molar-refractivity contribution in [2.45, 2.75) is 13.3 Å². The van der Waals surface area contributed by atoms with Gasteiger partial charge in [0, 0.05) is 26.0 Å². The Hall–Kier alpha value is -2.28. The van der Waals surface area contributed by atoms with E-state index < -0.39 is 0 Å². The van der Waals surface area contributed by atoms with Crippen molar-refractivity contribution >= 4 is 22.2 Å². The minimum atomic E-state index is -0.0556. The molecule has 21 heavy (non-hydrogen) atoms. The Morgan fingerprint density at radius 3 is 2.90 bits per heavy atom. The molecule has 0 atom stereocenters. The predicted octanol–water partition coefficient (Wildman–Crippen LogP) is 1.81. The first-order chi connectivity index (χ1) is 10.2. The first-order valence-electron chi connectivity index (χ1n) is 6.60. The number of amides is 1. The summed E-state index contributed by atoms with van der Waals surface area (Å²) in [5.41, 5.74) is 4.11. The minimum absolute atomic E-state index is 0.0556. The second kappa shape index (κ2) is 5.61. The monoisotopic (exact) mass is 301 g/mol. The minimum Gasteiger partial charge on any atom is -0.340 e. The molecule has 0 aromatic carbocycles. The topological polar surface area (TPSA) is 63.4 Å². The zero-order valence-electron chi connectivity index (χ0n) is 11.9. The first-order valence-corrected chi connectivity index (χ1v) is 7.48. The maximum absolute atomic E-state index is 12.6. The molecule has 0 saturated heterocycles. The van der Waals surface area contributed by atoms with E-state index in [-0.39, 0.29) is 5.91 Å². The number of imidazole rings is 1. The molecule has 3 aromatic heterocycles. The van der Waals surface area contributed by atoms with Crippen molar-refractivity contribution in [3.8, 4) is 0 Å². The Balaban J connectivity index is 1.75. The van der Waals surface area contributed by atoms with Crippen molar-refractivity contribution < 1.29 is 4.79 Å². The van der Waals surface area contributed by atoms with Gasteiger partial charge >= 0.3 is 0 Å². The number of nitrogens with zero attached hydrogens (tertiary/aromatic N) is 5. The molecule has 0 spiro atoms. The van der Waals surface area contributed by atoms with Gasteiger partial charge in [-0.25, -0.2) is 4.98 Å². The van der Waals surface area contributed by atoms with E-state index in [9.17, 15) is 4.79 Å². The number of rotatable bonds is 4. The van der Waals surface area contributed by atoms with Gasteiger partial charge in [-0.1, -0.05) is 11.3 Å². The molecular formula is C14H15N5OS. The fourth-order valence-electron chi connectivity index (χ4n) is 2.17. The van der Waals surface area contributed by atoms with Crippen LogP contribution in [-0.4, -0.2) is 44.0 Å². The van der Waals surface area contributed by atoms with Crippen LogP contribution >= 0.6 is 11.3 Å². The van der Waals surface area contributed by atoms with Crippen LogP contribution in [0.4, 0.5) is 0 Å². The van der Waals surface area contributed by atoms with Crippen LogP contribution in [0.2, 0.25) is 0 Å². The average Bonchev–Trinajstić information content (AvgIpc) is 3.05. The molecule has 0 aliphatic heterocycles. The molecule has 7 heteroatoms. The largest absolute Gasteiger partial charge is 0.340 e. The molecule has 0 fully saturated rings. The van der Waals surface area contributed by atoms with Crippen molar-refractivity contribution in [3.63, 3.8) is 0 Å². The molecule has 0 unspecified atom stereocenters. The third-order valence-corrected chi connectivity index (χ3v) is 4.03. The smallest absolute Gasteiger partial charge is 0.274 e. The molecule has 0 aliphatic rings. The quantitative estimate of drug-likeness (QED) is 0.737. The standard InChI is InChI=1S/C14H15N5OS/c1-10-12(19-14(17-10)21-9-16-19)13(20)18(2)8-5-11-3-6-15-7-4-11/h3-4,6-7,9H,5,8H2,1-2H3. The number of aryl methyl sites for hydroxylation is 1. The van der Waals surface area contributed by atoms with Gasteiger partial charge in [0.05, 0.1) is 5.69 Å². The molecular weight excluding hydrogens is 286 g/mol. The van der Waals surface area contributed by atoms with Crippen LogP contribution in [0.3, 0.4) is 0 Å². The highest BCUT2D eigenvalue weighted by Crippen LogP contribution is 2.16. The van der Waals surface area contributed by atoms with Crippen molar-refractivity contribution in [1.29, 1.82) is 0 Å². The lowest BCUT2D eigenvalue weighted by Crippen LogP contribution is -2.30. The van der Waals surface area contributed by atoms with Crippen LogP contribution < -0.4 is 0 Å². The Morgan fingerprint density at radius 2 is 2.14 bits per heavy atom. The first kappa shape index (κ1) is 13.7. The van der Waals surface area contributed by atoms with Gasteiger partial charge in [0.2, 0.25) is 4.96 Å². The SMILES string of the molecule is Cc1nc2scnn2c1C(=O)N(C)CCc1ccncc1. The maximum Gasteiger partial charge on any atom is 0.274 e. The van der Waals surface area contributed by atoms with Crippen LogP contribution in [0.25, 0.3) is 4.96 Å². The lowest BCUT2D eigenvalue weighted by molar-refractivity contribution is 0.0788. The zero-order chi connectivity index (χ0) is 14.8. The molecule has 108 valence electrons. The molecule has 0 radical (unpaired) electrons. The molecule has 1 amide bonds. The zero-order valence-corrected chi connectivity index (χ0v) is 12.7. The van der Waals surface area contributed by atoms with Crippen molar-refractivity contribution in [2.24, 2.45) is 0 Å². The summed E-state index contributed by atoms with van der Waals surface area (Å²) in [5, 5.41) is 4.18. The van der Waals surface area contributed by atoms with Crippen LogP contribution in [0, 0.1) is 6.92 Å². The predicted molar refractivity (Wildman–Crippen MR) is 80.5 cm³/mol. The summed E-state index contributed by atoms with van der Waals surface area (Å²) in [6.45, 7) is 2.48. The highest BCUT2D eigenvalue weighted by Gasteiger charge is 2.21. The number of hydrogen-bond donors (Lipinski definition) is 0. The Morgan fingerprint density at radius 1 is 1.38 bits per heavy atom. The molecule has 0 bridgehead atoms. The van der Waals surface area contributed by atoms with E-state index in [1.807, 2.05) is 19.1 Å². The van der Waals surface area contributed by atoms with E-state index in [2.05, 4.69) is 15.1 Å².